The lowest BCUT2D eigenvalue weighted by Gasteiger charge is -2.24. The average Bonchev–Trinajstić information content (AvgIpc) is 3.35. The molecule has 27 heavy (non-hydrogen) atoms. The molecule has 1 aromatic carbocycles. The topological polar surface area (TPSA) is 75.0 Å². The number of carbonyl (C=O) groups is 1. The number of halogens is 1. The van der Waals surface area contributed by atoms with Gasteiger partial charge in [0.2, 0.25) is 5.91 Å². The molecule has 4 rings (SSSR count). The number of aryl methyl sites for hydroxylation is 1. The molecular formula is C20H21ClN4O2. The number of aromatic nitrogens is 3. The van der Waals surface area contributed by atoms with Crippen molar-refractivity contribution in [3.63, 3.8) is 0 Å². The number of H-pyrrole nitrogens is 1. The zero-order valence-electron chi connectivity index (χ0n) is 15.3. The van der Waals surface area contributed by atoms with Gasteiger partial charge >= 0.3 is 0 Å². The minimum atomic E-state index is -0.0426. The number of nitrogens with zero attached hydrogens (tertiary/aromatic N) is 3. The van der Waals surface area contributed by atoms with Crippen LogP contribution in [0, 0.1) is 13.8 Å². The number of hydrogen-bond acceptors (Lipinski definition) is 4. The van der Waals surface area contributed by atoms with Gasteiger partial charge < -0.3 is 9.42 Å². The molecule has 140 valence electrons. The van der Waals surface area contributed by atoms with E-state index in [4.69, 9.17) is 16.1 Å². The van der Waals surface area contributed by atoms with Gasteiger partial charge in [-0.05, 0) is 44.4 Å². The van der Waals surface area contributed by atoms with E-state index in [1.165, 1.54) is 0 Å². The van der Waals surface area contributed by atoms with Gasteiger partial charge in [0.25, 0.3) is 0 Å². The maximum absolute atomic E-state index is 13.0. The fourth-order valence-electron chi connectivity index (χ4n) is 3.69. The molecule has 1 atom stereocenters. The van der Waals surface area contributed by atoms with Crippen LogP contribution in [0.4, 0.5) is 0 Å². The predicted molar refractivity (Wildman–Crippen MR) is 102 cm³/mol. The molecule has 0 aliphatic carbocycles. The molecule has 1 aliphatic heterocycles. The Bertz CT molecular complexity index is 978. The number of nitrogens with one attached hydrogen (secondary N) is 1. The number of likely N-dealkylation sites (tertiary alicyclic amines) is 1. The zero-order chi connectivity index (χ0) is 19.0. The van der Waals surface area contributed by atoms with Gasteiger partial charge in [0, 0.05) is 17.1 Å². The largest absolute Gasteiger partial charge is 0.356 e. The third kappa shape index (κ3) is 3.37. The predicted octanol–water partition coefficient (Wildman–Crippen LogP) is 4.24. The van der Waals surface area contributed by atoms with Gasteiger partial charge in [-0.15, -0.1) is 0 Å². The van der Waals surface area contributed by atoms with Gasteiger partial charge in [0.05, 0.1) is 35.6 Å². The van der Waals surface area contributed by atoms with Crippen LogP contribution in [-0.2, 0) is 11.2 Å². The Morgan fingerprint density at radius 3 is 3.00 bits per heavy atom. The monoisotopic (exact) mass is 384 g/mol. The van der Waals surface area contributed by atoms with Gasteiger partial charge in [-0.1, -0.05) is 28.9 Å². The first-order valence-electron chi connectivity index (χ1n) is 9.05. The highest BCUT2D eigenvalue weighted by Gasteiger charge is 2.33. The number of amides is 1. The van der Waals surface area contributed by atoms with Gasteiger partial charge in [-0.25, -0.2) is 0 Å². The van der Waals surface area contributed by atoms with Crippen molar-refractivity contribution >= 4 is 17.5 Å². The van der Waals surface area contributed by atoms with Crippen LogP contribution in [0.5, 0.6) is 0 Å². The van der Waals surface area contributed by atoms with Crippen molar-refractivity contribution in [2.24, 2.45) is 0 Å². The fraction of sp³-hybridized carbons (Fsp3) is 0.350. The molecule has 3 heterocycles. The maximum atomic E-state index is 13.0. The highest BCUT2D eigenvalue weighted by atomic mass is 35.5. The van der Waals surface area contributed by atoms with Crippen molar-refractivity contribution in [1.82, 2.24) is 20.3 Å². The number of aromatic amines is 1. The molecule has 1 amide bonds. The van der Waals surface area contributed by atoms with Crippen LogP contribution in [0.3, 0.4) is 0 Å². The van der Waals surface area contributed by atoms with Crippen LogP contribution in [-0.4, -0.2) is 32.7 Å². The smallest absolute Gasteiger partial charge is 0.227 e. The van der Waals surface area contributed by atoms with Crippen LogP contribution >= 0.6 is 11.6 Å². The Balaban J connectivity index is 1.60. The molecule has 0 radical (unpaired) electrons. The Morgan fingerprint density at radius 2 is 2.26 bits per heavy atom. The number of benzene rings is 1. The number of carbonyl (C=O) groups excluding carboxylic acids is 1. The molecule has 7 heteroatoms. The Morgan fingerprint density at radius 1 is 1.41 bits per heavy atom. The quantitative estimate of drug-likeness (QED) is 0.729. The molecule has 6 nitrogen and oxygen atoms in total. The van der Waals surface area contributed by atoms with Crippen molar-refractivity contribution in [2.45, 2.75) is 39.2 Å². The first kappa shape index (κ1) is 17.8. The summed E-state index contributed by atoms with van der Waals surface area (Å²) in [5, 5.41) is 12.0. The molecule has 2 aromatic heterocycles. The Hall–Kier alpha value is -2.60. The molecular weight excluding hydrogens is 364 g/mol. The molecule has 1 fully saturated rings. The summed E-state index contributed by atoms with van der Waals surface area (Å²) in [7, 11) is 0. The van der Waals surface area contributed by atoms with Crippen LogP contribution in [0.25, 0.3) is 11.3 Å². The zero-order valence-corrected chi connectivity index (χ0v) is 16.1. The summed E-state index contributed by atoms with van der Waals surface area (Å²) in [4.78, 5) is 14.9. The van der Waals surface area contributed by atoms with Crippen LogP contribution in [0.2, 0.25) is 5.02 Å². The maximum Gasteiger partial charge on any atom is 0.227 e. The molecule has 0 bridgehead atoms. The molecule has 0 saturated carbocycles. The van der Waals surface area contributed by atoms with E-state index < -0.39 is 0 Å². The second-order valence-electron chi connectivity index (χ2n) is 6.97. The molecule has 1 saturated heterocycles. The molecule has 1 aliphatic rings. The molecule has 3 aromatic rings. The minimum absolute atomic E-state index is 0.0426. The van der Waals surface area contributed by atoms with Crippen molar-refractivity contribution in [1.29, 1.82) is 0 Å². The van der Waals surface area contributed by atoms with Crippen LogP contribution in [0.15, 0.2) is 35.0 Å². The van der Waals surface area contributed by atoms with Crippen LogP contribution in [0.1, 0.15) is 41.4 Å². The lowest BCUT2D eigenvalue weighted by atomic mass is 10.0. The SMILES string of the molecule is Cc1noc(-c2cn[nH]c2C2CCCN2C(=O)Cc2cccc(Cl)c2)c1C. The standard InChI is InChI=1S/C20H21ClN4O2/c1-12-13(2)24-27-20(12)16-11-22-23-19(16)17-7-4-8-25(17)18(26)10-14-5-3-6-15(21)9-14/h3,5-6,9,11,17H,4,7-8,10H2,1-2H3,(H,22,23). The van der Waals surface area contributed by atoms with Gasteiger partial charge in [-0.2, -0.15) is 5.10 Å². The van der Waals surface area contributed by atoms with E-state index in [1.807, 2.05) is 43.0 Å². The lowest BCUT2D eigenvalue weighted by Crippen LogP contribution is -2.32. The Labute approximate surface area is 162 Å². The van der Waals surface area contributed by atoms with E-state index in [9.17, 15) is 4.79 Å². The summed E-state index contributed by atoms with van der Waals surface area (Å²) in [5.41, 5.74) is 4.56. The first-order chi connectivity index (χ1) is 13.0. The average molecular weight is 385 g/mol. The van der Waals surface area contributed by atoms with Crippen molar-refractivity contribution in [3.8, 4) is 11.3 Å². The number of hydrogen-bond donors (Lipinski definition) is 1. The second-order valence-corrected chi connectivity index (χ2v) is 7.41. The summed E-state index contributed by atoms with van der Waals surface area (Å²) in [6.45, 7) is 4.63. The molecule has 1 N–H and O–H groups in total. The minimum Gasteiger partial charge on any atom is -0.356 e. The summed E-state index contributed by atoms with van der Waals surface area (Å²) in [6.07, 6.45) is 3.93. The highest BCUT2D eigenvalue weighted by molar-refractivity contribution is 6.30. The normalized spacial score (nSPS) is 16.9. The second kappa shape index (κ2) is 7.19. The van der Waals surface area contributed by atoms with Gasteiger partial charge in [0.1, 0.15) is 0 Å². The van der Waals surface area contributed by atoms with E-state index in [2.05, 4.69) is 15.4 Å². The third-order valence-electron chi connectivity index (χ3n) is 5.22. The number of rotatable bonds is 4. The fourth-order valence-corrected chi connectivity index (χ4v) is 3.90. The Kier molecular flexibility index (Phi) is 4.74. The molecule has 0 spiro atoms. The third-order valence-corrected chi connectivity index (χ3v) is 5.46. The summed E-state index contributed by atoms with van der Waals surface area (Å²) < 4.78 is 5.52. The summed E-state index contributed by atoms with van der Waals surface area (Å²) >= 11 is 6.05. The van der Waals surface area contributed by atoms with E-state index in [0.29, 0.717) is 17.2 Å². The van der Waals surface area contributed by atoms with Gasteiger partial charge in [-0.3, -0.25) is 9.89 Å². The summed E-state index contributed by atoms with van der Waals surface area (Å²) in [6, 6.07) is 7.41. The van der Waals surface area contributed by atoms with Crippen molar-refractivity contribution in [3.05, 3.63) is 58.0 Å². The van der Waals surface area contributed by atoms with E-state index >= 15 is 0 Å². The first-order valence-corrected chi connectivity index (χ1v) is 9.43. The lowest BCUT2D eigenvalue weighted by molar-refractivity contribution is -0.131. The highest BCUT2D eigenvalue weighted by Crippen LogP contribution is 2.38. The van der Waals surface area contributed by atoms with E-state index in [0.717, 1.165) is 47.5 Å². The van der Waals surface area contributed by atoms with Crippen molar-refractivity contribution < 1.29 is 9.32 Å². The van der Waals surface area contributed by atoms with Crippen molar-refractivity contribution in [2.75, 3.05) is 6.54 Å². The molecule has 1 unspecified atom stereocenters. The van der Waals surface area contributed by atoms with Gasteiger partial charge in [0.15, 0.2) is 5.76 Å². The van der Waals surface area contributed by atoms with E-state index in [1.54, 1.807) is 6.20 Å². The van der Waals surface area contributed by atoms with E-state index in [-0.39, 0.29) is 11.9 Å². The van der Waals surface area contributed by atoms with Crippen LogP contribution < -0.4 is 0 Å². The summed E-state index contributed by atoms with van der Waals surface area (Å²) in [5.74, 6) is 0.802.